The van der Waals surface area contributed by atoms with Gasteiger partial charge in [0.15, 0.2) is 0 Å². The first-order valence-electron chi connectivity index (χ1n) is 8.84. The molecular weight excluding hydrogens is 312 g/mol. The van der Waals surface area contributed by atoms with Gasteiger partial charge in [0.05, 0.1) is 18.8 Å². The smallest absolute Gasteiger partial charge is 0.236 e. The molecule has 0 N–H and O–H groups in total. The predicted octanol–water partition coefficient (Wildman–Crippen LogP) is 0.900. The summed E-state index contributed by atoms with van der Waals surface area (Å²) in [4.78, 5) is 16.8. The molecule has 0 aromatic carbocycles. The molecule has 3 saturated heterocycles. The molecule has 3 aliphatic rings. The molecule has 0 aromatic heterocycles. The molecule has 3 aliphatic heterocycles. The molecule has 132 valence electrons. The molecular formula is C16H30N4O2S. The summed E-state index contributed by atoms with van der Waals surface area (Å²) in [7, 11) is 0. The van der Waals surface area contributed by atoms with E-state index in [-0.39, 0.29) is 11.5 Å². The van der Waals surface area contributed by atoms with E-state index in [9.17, 15) is 4.79 Å². The summed E-state index contributed by atoms with van der Waals surface area (Å²) >= 11 is 1.88. The second-order valence-electron chi connectivity index (χ2n) is 7.35. The highest BCUT2D eigenvalue weighted by atomic mass is 32.2. The number of hydrogen-bond acceptors (Lipinski definition) is 6. The lowest BCUT2D eigenvalue weighted by Crippen LogP contribution is -2.54. The van der Waals surface area contributed by atoms with E-state index >= 15 is 0 Å². The molecule has 0 spiro atoms. The Morgan fingerprint density at radius 1 is 1.00 bits per heavy atom. The third-order valence-electron chi connectivity index (χ3n) is 4.75. The van der Waals surface area contributed by atoms with Crippen molar-refractivity contribution in [2.75, 3.05) is 65.5 Å². The van der Waals surface area contributed by atoms with Crippen LogP contribution in [0.3, 0.4) is 0 Å². The highest BCUT2D eigenvalue weighted by molar-refractivity contribution is 7.94. The number of hydrogen-bond donors (Lipinski definition) is 0. The summed E-state index contributed by atoms with van der Waals surface area (Å²) in [6, 6.07) is 0. The van der Waals surface area contributed by atoms with Gasteiger partial charge in [-0.2, -0.15) is 0 Å². The molecule has 0 aliphatic carbocycles. The number of piperazine rings is 1. The van der Waals surface area contributed by atoms with Gasteiger partial charge >= 0.3 is 0 Å². The highest BCUT2D eigenvalue weighted by Crippen LogP contribution is 2.23. The van der Waals surface area contributed by atoms with Crippen LogP contribution in [0.2, 0.25) is 0 Å². The first-order chi connectivity index (χ1) is 11.0. The van der Waals surface area contributed by atoms with E-state index in [1.807, 2.05) is 17.0 Å². The molecule has 6 nitrogen and oxygen atoms in total. The Morgan fingerprint density at radius 3 is 2.30 bits per heavy atom. The van der Waals surface area contributed by atoms with Gasteiger partial charge in [-0.1, -0.05) is 0 Å². The summed E-state index contributed by atoms with van der Waals surface area (Å²) in [5.74, 6) is 0.272. The minimum Gasteiger partial charge on any atom is -0.373 e. The van der Waals surface area contributed by atoms with Crippen molar-refractivity contribution in [1.82, 2.24) is 18.4 Å². The third kappa shape index (κ3) is 5.06. The van der Waals surface area contributed by atoms with Gasteiger partial charge in [0.1, 0.15) is 0 Å². The number of rotatable bonds is 4. The van der Waals surface area contributed by atoms with Crippen molar-refractivity contribution in [3.05, 3.63) is 0 Å². The fourth-order valence-corrected chi connectivity index (χ4v) is 4.57. The molecule has 7 heteroatoms. The maximum Gasteiger partial charge on any atom is 0.236 e. The van der Waals surface area contributed by atoms with E-state index < -0.39 is 0 Å². The van der Waals surface area contributed by atoms with Crippen molar-refractivity contribution in [2.45, 2.75) is 32.3 Å². The zero-order valence-corrected chi connectivity index (χ0v) is 15.3. The maximum atomic E-state index is 12.5. The fraction of sp³-hybridized carbons (Fsp3) is 0.938. The molecule has 0 saturated carbocycles. The lowest BCUT2D eigenvalue weighted by atomic mass is 10.1. The van der Waals surface area contributed by atoms with Crippen molar-refractivity contribution in [1.29, 1.82) is 0 Å². The van der Waals surface area contributed by atoms with Crippen LogP contribution in [0.4, 0.5) is 0 Å². The summed E-state index contributed by atoms with van der Waals surface area (Å²) in [5.41, 5.74) is -0.135. The number of carbonyl (C=O) groups excluding carboxylic acids is 1. The van der Waals surface area contributed by atoms with E-state index in [0.29, 0.717) is 6.54 Å². The van der Waals surface area contributed by atoms with Crippen LogP contribution < -0.4 is 0 Å². The molecule has 3 fully saturated rings. The Labute approximate surface area is 144 Å². The Bertz CT molecular complexity index is 407. The quantitative estimate of drug-likeness (QED) is 0.707. The highest BCUT2D eigenvalue weighted by Gasteiger charge is 2.30. The summed E-state index contributed by atoms with van der Waals surface area (Å²) in [6.45, 7) is 13.2. The Kier molecular flexibility index (Phi) is 5.85. The molecule has 0 bridgehead atoms. The first-order valence-corrected chi connectivity index (χ1v) is 9.57. The van der Waals surface area contributed by atoms with E-state index in [4.69, 9.17) is 4.74 Å². The summed E-state index contributed by atoms with van der Waals surface area (Å²) < 4.78 is 10.6. The zero-order valence-electron chi connectivity index (χ0n) is 14.5. The standard InChI is InChI=1S/C16H30N4O2S/c1-16(2)14-17(11-12-22-16)13-15(21)18-7-9-20(10-8-18)23-19-5-3-4-6-19/h3-14H2,1-2H3. The second kappa shape index (κ2) is 7.70. The number of amides is 1. The van der Waals surface area contributed by atoms with Crippen LogP contribution in [0.5, 0.6) is 0 Å². The Hall–Kier alpha value is -0.340. The normalized spacial score (nSPS) is 27.5. The van der Waals surface area contributed by atoms with Gasteiger partial charge in [-0.3, -0.25) is 9.69 Å². The van der Waals surface area contributed by atoms with Crippen LogP contribution in [0.25, 0.3) is 0 Å². The monoisotopic (exact) mass is 342 g/mol. The van der Waals surface area contributed by atoms with Gasteiger partial charge in [0, 0.05) is 64.5 Å². The van der Waals surface area contributed by atoms with Crippen LogP contribution in [0.1, 0.15) is 26.7 Å². The first kappa shape index (κ1) is 17.5. The van der Waals surface area contributed by atoms with Gasteiger partial charge in [0.25, 0.3) is 0 Å². The van der Waals surface area contributed by atoms with E-state index in [0.717, 1.165) is 45.9 Å². The minimum absolute atomic E-state index is 0.135. The Balaban J connectivity index is 1.39. The molecule has 3 heterocycles. The van der Waals surface area contributed by atoms with Crippen LogP contribution in [0, 0.1) is 0 Å². The van der Waals surface area contributed by atoms with Crippen molar-refractivity contribution < 1.29 is 9.53 Å². The Morgan fingerprint density at radius 2 is 1.65 bits per heavy atom. The van der Waals surface area contributed by atoms with Crippen molar-refractivity contribution in [3.63, 3.8) is 0 Å². The topological polar surface area (TPSA) is 39.3 Å². The van der Waals surface area contributed by atoms with Crippen molar-refractivity contribution in [2.24, 2.45) is 0 Å². The van der Waals surface area contributed by atoms with Gasteiger partial charge in [-0.25, -0.2) is 8.61 Å². The van der Waals surface area contributed by atoms with E-state index in [1.54, 1.807) is 0 Å². The fourth-order valence-electron chi connectivity index (χ4n) is 3.49. The van der Waals surface area contributed by atoms with Crippen molar-refractivity contribution >= 4 is 18.0 Å². The predicted molar refractivity (Wildman–Crippen MR) is 93.0 cm³/mol. The molecule has 0 radical (unpaired) electrons. The summed E-state index contributed by atoms with van der Waals surface area (Å²) in [5, 5.41) is 0. The minimum atomic E-state index is -0.135. The molecule has 0 unspecified atom stereocenters. The molecule has 1 amide bonds. The number of carbonyl (C=O) groups is 1. The lowest BCUT2D eigenvalue weighted by molar-refractivity contribution is -0.138. The molecule has 0 aromatic rings. The van der Waals surface area contributed by atoms with E-state index in [2.05, 4.69) is 27.4 Å². The molecule has 0 atom stereocenters. The number of ether oxygens (including phenoxy) is 1. The molecule has 23 heavy (non-hydrogen) atoms. The van der Waals surface area contributed by atoms with Crippen LogP contribution in [0.15, 0.2) is 0 Å². The van der Waals surface area contributed by atoms with Gasteiger partial charge in [-0.05, 0) is 26.7 Å². The van der Waals surface area contributed by atoms with Gasteiger partial charge < -0.3 is 9.64 Å². The molecule has 3 rings (SSSR count). The SMILES string of the molecule is CC1(C)CN(CC(=O)N2CCN(SN3CCCC3)CC2)CCO1. The van der Waals surface area contributed by atoms with E-state index in [1.165, 1.54) is 25.9 Å². The van der Waals surface area contributed by atoms with Gasteiger partial charge in [0.2, 0.25) is 5.91 Å². The average molecular weight is 343 g/mol. The van der Waals surface area contributed by atoms with Crippen LogP contribution in [-0.2, 0) is 9.53 Å². The maximum absolute atomic E-state index is 12.5. The lowest BCUT2D eigenvalue weighted by Gasteiger charge is -2.40. The van der Waals surface area contributed by atoms with Crippen molar-refractivity contribution in [3.8, 4) is 0 Å². The van der Waals surface area contributed by atoms with Crippen LogP contribution in [-0.4, -0.2) is 95.4 Å². The summed E-state index contributed by atoms with van der Waals surface area (Å²) in [6.07, 6.45) is 2.64. The zero-order chi connectivity index (χ0) is 16.3. The third-order valence-corrected chi connectivity index (χ3v) is 5.94. The average Bonchev–Trinajstić information content (AvgIpc) is 3.00. The second-order valence-corrected chi connectivity index (χ2v) is 8.54. The van der Waals surface area contributed by atoms with Crippen LogP contribution >= 0.6 is 12.1 Å². The number of morpholine rings is 1. The largest absolute Gasteiger partial charge is 0.373 e. The van der Waals surface area contributed by atoms with Gasteiger partial charge in [-0.15, -0.1) is 0 Å². The number of nitrogens with zero attached hydrogens (tertiary/aromatic N) is 4.